The summed E-state index contributed by atoms with van der Waals surface area (Å²) in [5.74, 6) is -0.302. The van der Waals surface area contributed by atoms with E-state index in [0.29, 0.717) is 6.61 Å². The molecule has 1 unspecified atom stereocenters. The molecular formula is C16H23BO4. The zero-order valence-electron chi connectivity index (χ0n) is 13.2. The molecule has 1 aliphatic rings. The van der Waals surface area contributed by atoms with Crippen LogP contribution < -0.4 is 0 Å². The van der Waals surface area contributed by atoms with Crippen LogP contribution in [0, 0.1) is 0 Å². The van der Waals surface area contributed by atoms with Crippen molar-refractivity contribution in [1.82, 2.24) is 0 Å². The molecule has 0 bridgehead atoms. The molecule has 5 heteroatoms. The van der Waals surface area contributed by atoms with Crippen molar-refractivity contribution in [2.45, 2.75) is 57.6 Å². The van der Waals surface area contributed by atoms with E-state index in [-0.39, 0.29) is 24.2 Å². The molecule has 0 spiro atoms. The first-order valence-electron chi connectivity index (χ1n) is 7.47. The van der Waals surface area contributed by atoms with E-state index < -0.39 is 5.60 Å². The molecule has 2 rings (SSSR count). The molecule has 0 N–H and O–H groups in total. The van der Waals surface area contributed by atoms with Gasteiger partial charge in [-0.15, -0.1) is 0 Å². The highest BCUT2D eigenvalue weighted by Crippen LogP contribution is 2.36. The number of ether oxygens (including phenoxy) is 3. The third-order valence-electron chi connectivity index (χ3n) is 4.09. The summed E-state index contributed by atoms with van der Waals surface area (Å²) in [6.45, 7) is 5.97. The van der Waals surface area contributed by atoms with Crippen molar-refractivity contribution in [2.75, 3.05) is 0 Å². The molecule has 0 amide bonds. The maximum absolute atomic E-state index is 11.3. The Bertz CT molecular complexity index is 478. The molecule has 1 heterocycles. The number of rotatable bonds is 5. The lowest BCUT2D eigenvalue weighted by atomic mass is 9.88. The number of benzene rings is 1. The van der Waals surface area contributed by atoms with Crippen molar-refractivity contribution in [3.63, 3.8) is 0 Å². The summed E-state index contributed by atoms with van der Waals surface area (Å²) in [7, 11) is 1.92. The molecule has 0 saturated carbocycles. The fourth-order valence-electron chi connectivity index (χ4n) is 2.82. The van der Waals surface area contributed by atoms with E-state index in [1.807, 2.05) is 45.1 Å². The third kappa shape index (κ3) is 3.66. The monoisotopic (exact) mass is 290 g/mol. The fourth-order valence-corrected chi connectivity index (χ4v) is 2.82. The lowest BCUT2D eigenvalue weighted by Gasteiger charge is -2.31. The summed E-state index contributed by atoms with van der Waals surface area (Å²) in [5.41, 5.74) is 0.658. The maximum atomic E-state index is 11.3. The summed E-state index contributed by atoms with van der Waals surface area (Å²) < 4.78 is 17.5. The summed E-state index contributed by atoms with van der Waals surface area (Å²) in [5, 5.41) is 0. The van der Waals surface area contributed by atoms with Crippen molar-refractivity contribution in [1.29, 1.82) is 0 Å². The predicted molar refractivity (Wildman–Crippen MR) is 82.7 cm³/mol. The maximum Gasteiger partial charge on any atom is 0.303 e. The molecule has 114 valence electrons. The summed E-state index contributed by atoms with van der Waals surface area (Å²) in [6.07, 6.45) is 0.173. The molecule has 21 heavy (non-hydrogen) atoms. The van der Waals surface area contributed by atoms with Gasteiger partial charge in [0.15, 0.2) is 0 Å². The number of carbonyl (C=O) groups is 1. The second-order valence-electron chi connectivity index (χ2n) is 5.78. The lowest BCUT2D eigenvalue weighted by molar-refractivity contribution is -0.155. The van der Waals surface area contributed by atoms with Crippen LogP contribution >= 0.6 is 0 Å². The van der Waals surface area contributed by atoms with Crippen molar-refractivity contribution in [3.05, 3.63) is 35.9 Å². The van der Waals surface area contributed by atoms with Crippen LogP contribution in [-0.4, -0.2) is 37.6 Å². The molecule has 0 aliphatic carbocycles. The van der Waals surface area contributed by atoms with Crippen molar-refractivity contribution in [3.8, 4) is 0 Å². The first-order valence-corrected chi connectivity index (χ1v) is 7.47. The molecule has 1 fully saturated rings. The molecule has 1 aromatic rings. The Kier molecular flexibility index (Phi) is 5.06. The Morgan fingerprint density at radius 3 is 2.62 bits per heavy atom. The number of hydrogen-bond donors (Lipinski definition) is 0. The van der Waals surface area contributed by atoms with E-state index in [9.17, 15) is 4.79 Å². The Morgan fingerprint density at radius 1 is 1.38 bits per heavy atom. The minimum atomic E-state index is -0.436. The Balaban J connectivity index is 2.11. The van der Waals surface area contributed by atoms with Gasteiger partial charge in [-0.3, -0.25) is 4.79 Å². The van der Waals surface area contributed by atoms with Gasteiger partial charge in [-0.25, -0.2) is 0 Å². The highest BCUT2D eigenvalue weighted by Gasteiger charge is 2.52. The minimum Gasteiger partial charge on any atom is -0.458 e. The van der Waals surface area contributed by atoms with E-state index in [2.05, 4.69) is 6.92 Å². The van der Waals surface area contributed by atoms with Gasteiger partial charge >= 0.3 is 5.97 Å². The summed E-state index contributed by atoms with van der Waals surface area (Å²) in [4.78, 5) is 11.3. The average Bonchev–Trinajstić information content (AvgIpc) is 2.69. The first kappa shape index (κ1) is 16.1. The van der Waals surface area contributed by atoms with Crippen molar-refractivity contribution >= 4 is 13.8 Å². The van der Waals surface area contributed by atoms with E-state index >= 15 is 0 Å². The zero-order valence-corrected chi connectivity index (χ0v) is 13.2. The molecule has 4 atom stereocenters. The fraction of sp³-hybridized carbons (Fsp3) is 0.562. The Hall–Kier alpha value is -1.33. The van der Waals surface area contributed by atoms with Gasteiger partial charge in [-0.05, 0) is 18.9 Å². The standard InChI is InChI=1S/C16H23BO4/c1-4-16(3)14(13(15(17)21-16)20-11(2)18)19-10-12-8-6-5-7-9-12/h5-9,13-15H,4,10,17H2,1-3H3/t13?,14-,15-,16-/m1/s1. The molecule has 1 saturated heterocycles. The van der Waals surface area contributed by atoms with Crippen LogP contribution in [0.5, 0.6) is 0 Å². The molecule has 0 radical (unpaired) electrons. The average molecular weight is 290 g/mol. The van der Waals surface area contributed by atoms with Crippen molar-refractivity contribution in [2.24, 2.45) is 0 Å². The number of carbonyl (C=O) groups excluding carboxylic acids is 1. The lowest BCUT2D eigenvalue weighted by Crippen LogP contribution is -2.44. The molecular weight excluding hydrogens is 267 g/mol. The Labute approximate surface area is 127 Å². The van der Waals surface area contributed by atoms with Crippen LogP contribution in [0.2, 0.25) is 0 Å². The highest BCUT2D eigenvalue weighted by atomic mass is 16.6. The van der Waals surface area contributed by atoms with E-state index in [1.54, 1.807) is 0 Å². The van der Waals surface area contributed by atoms with E-state index in [1.165, 1.54) is 6.92 Å². The number of hydrogen-bond acceptors (Lipinski definition) is 4. The van der Waals surface area contributed by atoms with Crippen LogP contribution in [-0.2, 0) is 25.6 Å². The van der Waals surface area contributed by atoms with Gasteiger partial charge in [-0.2, -0.15) is 0 Å². The second-order valence-corrected chi connectivity index (χ2v) is 5.78. The second kappa shape index (κ2) is 6.63. The molecule has 1 aliphatic heterocycles. The highest BCUT2D eigenvalue weighted by molar-refractivity contribution is 6.11. The first-order chi connectivity index (χ1) is 9.96. The van der Waals surface area contributed by atoms with E-state index in [0.717, 1.165) is 12.0 Å². The minimum absolute atomic E-state index is 0.167. The SMILES string of the molecule is B[C@@H]1O[C@](C)(CC)[C@H](OCc2ccccc2)C1OC(C)=O. The summed E-state index contributed by atoms with van der Waals surface area (Å²) in [6, 6.07) is 9.80. The predicted octanol–water partition coefficient (Wildman–Crippen LogP) is 1.66. The van der Waals surface area contributed by atoms with Crippen LogP contribution in [0.1, 0.15) is 32.8 Å². The van der Waals surface area contributed by atoms with E-state index in [4.69, 9.17) is 14.2 Å². The summed E-state index contributed by atoms with van der Waals surface area (Å²) >= 11 is 0. The Morgan fingerprint density at radius 2 is 2.05 bits per heavy atom. The third-order valence-corrected chi connectivity index (χ3v) is 4.09. The quantitative estimate of drug-likeness (QED) is 0.611. The normalized spacial score (nSPS) is 32.0. The topological polar surface area (TPSA) is 44.8 Å². The molecule has 4 nitrogen and oxygen atoms in total. The van der Waals surface area contributed by atoms with Gasteiger partial charge in [0.25, 0.3) is 0 Å². The van der Waals surface area contributed by atoms with Crippen LogP contribution in [0.15, 0.2) is 30.3 Å². The van der Waals surface area contributed by atoms with Crippen LogP contribution in [0.25, 0.3) is 0 Å². The molecule has 1 aromatic carbocycles. The largest absolute Gasteiger partial charge is 0.458 e. The van der Waals surface area contributed by atoms with Crippen LogP contribution in [0.4, 0.5) is 0 Å². The molecule has 0 aromatic heterocycles. The van der Waals surface area contributed by atoms with Gasteiger partial charge in [0.1, 0.15) is 20.1 Å². The smallest absolute Gasteiger partial charge is 0.303 e. The van der Waals surface area contributed by atoms with Gasteiger partial charge < -0.3 is 14.2 Å². The van der Waals surface area contributed by atoms with Gasteiger partial charge in [0.2, 0.25) is 0 Å². The van der Waals surface area contributed by atoms with Gasteiger partial charge in [0.05, 0.1) is 18.2 Å². The van der Waals surface area contributed by atoms with Gasteiger partial charge in [0, 0.05) is 6.92 Å². The zero-order chi connectivity index (χ0) is 15.5. The van der Waals surface area contributed by atoms with Gasteiger partial charge in [-0.1, -0.05) is 37.3 Å². The van der Waals surface area contributed by atoms with Crippen LogP contribution in [0.3, 0.4) is 0 Å². The number of esters is 1. The van der Waals surface area contributed by atoms with Crippen molar-refractivity contribution < 1.29 is 19.0 Å².